The number of carbonyl (C=O) groups is 1. The number of pyridine rings is 2. The maximum atomic E-state index is 12.7. The molecule has 1 aliphatic carbocycles. The molecule has 0 aromatic carbocycles. The fraction of sp³-hybridized carbons (Fsp3) is 0.278. The van der Waals surface area contributed by atoms with Crippen molar-refractivity contribution in [2.24, 2.45) is 0 Å². The molecule has 0 aliphatic heterocycles. The Kier molecular flexibility index (Phi) is 4.30. The first-order valence-corrected chi connectivity index (χ1v) is 8.52. The summed E-state index contributed by atoms with van der Waals surface area (Å²) < 4.78 is 3.14. The van der Waals surface area contributed by atoms with Gasteiger partial charge in [-0.05, 0) is 37.1 Å². The molecule has 1 amide bonds. The number of amides is 1. The maximum absolute atomic E-state index is 12.7. The molecule has 132 valence electrons. The molecule has 1 fully saturated rings. The Labute approximate surface area is 149 Å². The van der Waals surface area contributed by atoms with E-state index in [-0.39, 0.29) is 17.6 Å². The first kappa shape index (κ1) is 16.2. The lowest BCUT2D eigenvalue weighted by molar-refractivity contribution is 0.0951. The van der Waals surface area contributed by atoms with Gasteiger partial charge in [0.25, 0.3) is 5.91 Å². The van der Waals surface area contributed by atoms with Crippen molar-refractivity contribution >= 4 is 5.91 Å². The smallest absolute Gasteiger partial charge is 0.346 e. The molecule has 3 heterocycles. The monoisotopic (exact) mass is 350 g/mol. The van der Waals surface area contributed by atoms with E-state index in [0.29, 0.717) is 24.5 Å². The van der Waals surface area contributed by atoms with E-state index in [1.807, 2.05) is 12.1 Å². The summed E-state index contributed by atoms with van der Waals surface area (Å²) in [6.45, 7) is 0.611. The van der Waals surface area contributed by atoms with Gasteiger partial charge in [0.1, 0.15) is 0 Å². The van der Waals surface area contributed by atoms with Crippen molar-refractivity contribution in [2.75, 3.05) is 6.54 Å². The van der Waals surface area contributed by atoms with Crippen molar-refractivity contribution in [3.05, 3.63) is 65.1 Å². The maximum Gasteiger partial charge on any atom is 0.346 e. The summed E-state index contributed by atoms with van der Waals surface area (Å²) in [6.07, 6.45) is 8.47. The van der Waals surface area contributed by atoms with Crippen molar-refractivity contribution in [3.63, 3.8) is 0 Å². The summed E-state index contributed by atoms with van der Waals surface area (Å²) in [7, 11) is 0. The van der Waals surface area contributed by atoms with Crippen LogP contribution in [0.4, 0.5) is 0 Å². The number of hydrogen-bond donors (Lipinski definition) is 1. The van der Waals surface area contributed by atoms with Gasteiger partial charge in [0.15, 0.2) is 5.82 Å². The van der Waals surface area contributed by atoms with Crippen LogP contribution < -0.4 is 11.0 Å². The molecule has 1 N–H and O–H groups in total. The second-order valence-corrected chi connectivity index (χ2v) is 6.17. The average molecular weight is 350 g/mol. The minimum absolute atomic E-state index is 0.151. The highest BCUT2D eigenvalue weighted by Crippen LogP contribution is 2.36. The van der Waals surface area contributed by atoms with E-state index in [1.165, 1.54) is 10.9 Å². The Morgan fingerprint density at radius 3 is 2.58 bits per heavy atom. The van der Waals surface area contributed by atoms with E-state index < -0.39 is 0 Å². The van der Waals surface area contributed by atoms with Crippen LogP contribution in [-0.2, 0) is 6.54 Å². The Hall–Kier alpha value is -3.29. The number of carbonyl (C=O) groups excluding carboxylic acids is 1. The average Bonchev–Trinajstić information content (AvgIpc) is 3.47. The predicted molar refractivity (Wildman–Crippen MR) is 94.6 cm³/mol. The Morgan fingerprint density at radius 2 is 1.92 bits per heavy atom. The minimum atomic E-state index is -0.222. The highest BCUT2D eigenvalue weighted by molar-refractivity contribution is 5.93. The molecule has 4 rings (SSSR count). The number of nitrogens with one attached hydrogen (secondary N) is 1. The quantitative estimate of drug-likeness (QED) is 0.722. The van der Waals surface area contributed by atoms with Gasteiger partial charge in [-0.25, -0.2) is 9.48 Å². The number of hydrogen-bond acceptors (Lipinski definition) is 5. The summed E-state index contributed by atoms with van der Waals surface area (Å²) in [5, 5.41) is 7.26. The van der Waals surface area contributed by atoms with Crippen LogP contribution >= 0.6 is 0 Å². The zero-order chi connectivity index (χ0) is 17.9. The largest absolute Gasteiger partial charge is 0.350 e. The molecule has 0 atom stereocenters. The van der Waals surface area contributed by atoms with Gasteiger partial charge in [-0.1, -0.05) is 0 Å². The molecule has 0 unspecified atom stereocenters. The number of nitrogens with zero attached hydrogens (tertiary/aromatic N) is 5. The third-order valence-corrected chi connectivity index (χ3v) is 4.24. The topological polar surface area (TPSA) is 94.7 Å². The molecular weight excluding hydrogens is 332 g/mol. The Bertz CT molecular complexity index is 960. The standard InChI is InChI=1S/C18H18N6O2/c25-17(14-4-2-8-20-12-14)21-9-10-23-18(26)24(15-5-6-15)16(22-23)13-3-1-7-19-11-13/h1-4,7-8,11-12,15H,5-6,9-10H2,(H,21,25). The molecule has 0 spiro atoms. The van der Waals surface area contributed by atoms with Crippen molar-refractivity contribution in [3.8, 4) is 11.4 Å². The van der Waals surface area contributed by atoms with Crippen LogP contribution in [-0.4, -0.2) is 36.8 Å². The molecule has 0 radical (unpaired) electrons. The molecule has 1 aliphatic rings. The SMILES string of the molecule is O=C(NCCn1nc(-c2cccnc2)n(C2CC2)c1=O)c1cccnc1. The van der Waals surface area contributed by atoms with Gasteiger partial charge < -0.3 is 5.32 Å². The third-order valence-electron chi connectivity index (χ3n) is 4.24. The summed E-state index contributed by atoms with van der Waals surface area (Å²) in [5.41, 5.74) is 1.15. The van der Waals surface area contributed by atoms with E-state index >= 15 is 0 Å². The molecule has 0 saturated heterocycles. The fourth-order valence-electron chi connectivity index (χ4n) is 2.79. The van der Waals surface area contributed by atoms with Crippen LogP contribution in [0.5, 0.6) is 0 Å². The van der Waals surface area contributed by atoms with Crippen molar-refractivity contribution in [2.45, 2.75) is 25.4 Å². The van der Waals surface area contributed by atoms with Gasteiger partial charge in [-0.2, -0.15) is 0 Å². The normalized spacial score (nSPS) is 13.5. The summed E-state index contributed by atoms with van der Waals surface area (Å²) in [6, 6.07) is 7.32. The zero-order valence-electron chi connectivity index (χ0n) is 14.1. The molecule has 0 bridgehead atoms. The summed E-state index contributed by atoms with van der Waals surface area (Å²) in [4.78, 5) is 32.8. The van der Waals surface area contributed by atoms with Gasteiger partial charge in [0.05, 0.1) is 12.1 Å². The van der Waals surface area contributed by atoms with Gasteiger partial charge in [0, 0.05) is 42.9 Å². The van der Waals surface area contributed by atoms with E-state index in [2.05, 4.69) is 20.4 Å². The lowest BCUT2D eigenvalue weighted by Gasteiger charge is -2.04. The lowest BCUT2D eigenvalue weighted by Crippen LogP contribution is -2.32. The molecule has 8 heteroatoms. The van der Waals surface area contributed by atoms with Gasteiger partial charge in [0.2, 0.25) is 0 Å². The van der Waals surface area contributed by atoms with Crippen LogP contribution in [0, 0.1) is 0 Å². The Morgan fingerprint density at radius 1 is 1.15 bits per heavy atom. The van der Waals surface area contributed by atoms with E-state index in [4.69, 9.17) is 0 Å². The zero-order valence-corrected chi connectivity index (χ0v) is 14.1. The van der Waals surface area contributed by atoms with E-state index in [1.54, 1.807) is 35.3 Å². The third kappa shape index (κ3) is 3.26. The first-order valence-electron chi connectivity index (χ1n) is 8.52. The Balaban J connectivity index is 1.51. The predicted octanol–water partition coefficient (Wildman–Crippen LogP) is 1.27. The van der Waals surface area contributed by atoms with Crippen LogP contribution in [0.2, 0.25) is 0 Å². The molecule has 1 saturated carbocycles. The van der Waals surface area contributed by atoms with Crippen LogP contribution in [0.25, 0.3) is 11.4 Å². The molecule has 3 aromatic rings. The van der Waals surface area contributed by atoms with Gasteiger partial charge in [-0.3, -0.25) is 19.3 Å². The number of rotatable bonds is 6. The lowest BCUT2D eigenvalue weighted by atomic mass is 10.3. The highest BCUT2D eigenvalue weighted by atomic mass is 16.2. The molecule has 26 heavy (non-hydrogen) atoms. The number of aromatic nitrogens is 5. The summed E-state index contributed by atoms with van der Waals surface area (Å²) >= 11 is 0. The van der Waals surface area contributed by atoms with Crippen LogP contribution in [0.1, 0.15) is 29.2 Å². The van der Waals surface area contributed by atoms with E-state index in [9.17, 15) is 9.59 Å². The van der Waals surface area contributed by atoms with Gasteiger partial charge in [-0.15, -0.1) is 5.10 Å². The second kappa shape index (κ2) is 6.91. The van der Waals surface area contributed by atoms with Crippen molar-refractivity contribution < 1.29 is 4.79 Å². The second-order valence-electron chi connectivity index (χ2n) is 6.17. The minimum Gasteiger partial charge on any atom is -0.350 e. The summed E-state index contributed by atoms with van der Waals surface area (Å²) in [5.74, 6) is 0.407. The van der Waals surface area contributed by atoms with Crippen LogP contribution in [0.3, 0.4) is 0 Å². The highest BCUT2D eigenvalue weighted by Gasteiger charge is 2.30. The van der Waals surface area contributed by atoms with Crippen molar-refractivity contribution in [1.82, 2.24) is 29.6 Å². The van der Waals surface area contributed by atoms with Crippen LogP contribution in [0.15, 0.2) is 53.8 Å². The van der Waals surface area contributed by atoms with E-state index in [0.717, 1.165) is 18.4 Å². The van der Waals surface area contributed by atoms with Crippen molar-refractivity contribution in [1.29, 1.82) is 0 Å². The fourth-order valence-corrected chi connectivity index (χ4v) is 2.79. The molecular formula is C18H18N6O2. The van der Waals surface area contributed by atoms with Gasteiger partial charge >= 0.3 is 5.69 Å². The molecule has 3 aromatic heterocycles. The molecule has 8 nitrogen and oxygen atoms in total. The first-order chi connectivity index (χ1) is 12.7.